The lowest BCUT2D eigenvalue weighted by Gasteiger charge is -2.01. The molecule has 0 aliphatic rings. The van der Waals surface area contributed by atoms with Gasteiger partial charge in [-0.15, -0.1) is 21.5 Å². The second kappa shape index (κ2) is 5.90. The molecule has 3 aromatic rings. The van der Waals surface area contributed by atoms with E-state index in [0.29, 0.717) is 11.2 Å². The fourth-order valence-electron chi connectivity index (χ4n) is 1.94. The first-order valence-electron chi connectivity index (χ1n) is 6.68. The predicted molar refractivity (Wildman–Crippen MR) is 86.4 cm³/mol. The number of thiophene rings is 1. The molecule has 0 radical (unpaired) electrons. The standard InChI is InChI=1S/C13H15N5OS2/c1-3-4-14-13-17-16-9(21-13)5-18-7-15-10-8(2)6-20-11(10)12(18)19/h6-7H,3-5H2,1-2H3,(H,14,17). The molecule has 0 amide bonds. The van der Waals surface area contributed by atoms with Crippen LogP contribution in [0.3, 0.4) is 0 Å². The van der Waals surface area contributed by atoms with E-state index in [4.69, 9.17) is 0 Å². The molecule has 0 saturated heterocycles. The zero-order valence-corrected chi connectivity index (χ0v) is 13.4. The molecule has 110 valence electrons. The van der Waals surface area contributed by atoms with Crippen molar-refractivity contribution in [3.63, 3.8) is 0 Å². The molecule has 0 bridgehead atoms. The smallest absolute Gasteiger partial charge is 0.271 e. The van der Waals surface area contributed by atoms with Gasteiger partial charge in [0.25, 0.3) is 5.56 Å². The van der Waals surface area contributed by atoms with Gasteiger partial charge in [-0.3, -0.25) is 9.36 Å². The van der Waals surface area contributed by atoms with Crippen molar-refractivity contribution in [2.45, 2.75) is 26.8 Å². The summed E-state index contributed by atoms with van der Waals surface area (Å²) in [5.74, 6) is 0. The maximum Gasteiger partial charge on any atom is 0.271 e. The molecule has 0 aliphatic carbocycles. The third kappa shape index (κ3) is 2.81. The van der Waals surface area contributed by atoms with Gasteiger partial charge in [-0.25, -0.2) is 4.98 Å². The third-order valence-corrected chi connectivity index (χ3v) is 4.96. The molecule has 8 heteroatoms. The Morgan fingerprint density at radius 3 is 3.05 bits per heavy atom. The van der Waals surface area contributed by atoms with Gasteiger partial charge in [-0.2, -0.15) is 0 Å². The highest BCUT2D eigenvalue weighted by atomic mass is 32.1. The maximum absolute atomic E-state index is 12.4. The van der Waals surface area contributed by atoms with E-state index < -0.39 is 0 Å². The first-order chi connectivity index (χ1) is 10.2. The number of fused-ring (bicyclic) bond motifs is 1. The first kappa shape index (κ1) is 14.2. The van der Waals surface area contributed by atoms with Crippen molar-refractivity contribution in [3.8, 4) is 0 Å². The SMILES string of the molecule is CCCNc1nnc(Cn2cnc3c(C)csc3c2=O)s1. The van der Waals surface area contributed by atoms with Gasteiger partial charge < -0.3 is 5.32 Å². The molecule has 0 atom stereocenters. The van der Waals surface area contributed by atoms with E-state index in [1.165, 1.54) is 22.7 Å². The van der Waals surface area contributed by atoms with Gasteiger partial charge in [0.15, 0.2) is 0 Å². The predicted octanol–water partition coefficient (Wildman–Crippen LogP) is 2.49. The molecule has 3 heterocycles. The normalized spacial score (nSPS) is 11.1. The molecule has 0 spiro atoms. The van der Waals surface area contributed by atoms with Crippen molar-refractivity contribution >= 4 is 38.0 Å². The van der Waals surface area contributed by atoms with E-state index in [-0.39, 0.29) is 5.56 Å². The van der Waals surface area contributed by atoms with E-state index in [1.54, 1.807) is 10.9 Å². The number of nitrogens with one attached hydrogen (secondary N) is 1. The number of anilines is 1. The van der Waals surface area contributed by atoms with Gasteiger partial charge in [0.1, 0.15) is 9.71 Å². The van der Waals surface area contributed by atoms with Crippen LogP contribution in [0, 0.1) is 6.92 Å². The minimum atomic E-state index is -0.0173. The molecule has 0 unspecified atom stereocenters. The van der Waals surface area contributed by atoms with E-state index >= 15 is 0 Å². The van der Waals surface area contributed by atoms with Crippen LogP contribution in [0.1, 0.15) is 23.9 Å². The largest absolute Gasteiger partial charge is 0.360 e. The highest BCUT2D eigenvalue weighted by Gasteiger charge is 2.10. The Kier molecular flexibility index (Phi) is 3.98. The van der Waals surface area contributed by atoms with Gasteiger partial charge in [0.05, 0.1) is 18.4 Å². The Hall–Kier alpha value is -1.80. The van der Waals surface area contributed by atoms with Crippen molar-refractivity contribution < 1.29 is 0 Å². The summed E-state index contributed by atoms with van der Waals surface area (Å²) in [6.07, 6.45) is 2.62. The Morgan fingerprint density at radius 1 is 1.38 bits per heavy atom. The quantitative estimate of drug-likeness (QED) is 0.781. The molecule has 3 rings (SSSR count). The average Bonchev–Trinajstić information content (AvgIpc) is 3.07. The van der Waals surface area contributed by atoms with Crippen molar-refractivity contribution in [2.75, 3.05) is 11.9 Å². The zero-order chi connectivity index (χ0) is 14.8. The fourth-order valence-corrected chi connectivity index (χ4v) is 3.65. The van der Waals surface area contributed by atoms with E-state index in [1.807, 2.05) is 12.3 Å². The lowest BCUT2D eigenvalue weighted by atomic mass is 10.3. The molecule has 0 aliphatic heterocycles. The van der Waals surface area contributed by atoms with Gasteiger partial charge >= 0.3 is 0 Å². The number of hydrogen-bond donors (Lipinski definition) is 1. The van der Waals surface area contributed by atoms with Gasteiger partial charge in [0, 0.05) is 6.54 Å². The Morgan fingerprint density at radius 2 is 2.24 bits per heavy atom. The van der Waals surface area contributed by atoms with Crippen molar-refractivity contribution in [2.24, 2.45) is 0 Å². The average molecular weight is 321 g/mol. The summed E-state index contributed by atoms with van der Waals surface area (Å²) >= 11 is 2.91. The van der Waals surface area contributed by atoms with Crippen molar-refractivity contribution in [1.82, 2.24) is 19.7 Å². The monoisotopic (exact) mass is 321 g/mol. The summed E-state index contributed by atoms with van der Waals surface area (Å²) in [5, 5.41) is 14.9. The van der Waals surface area contributed by atoms with E-state index in [9.17, 15) is 4.79 Å². The summed E-state index contributed by atoms with van der Waals surface area (Å²) in [7, 11) is 0. The maximum atomic E-state index is 12.4. The minimum Gasteiger partial charge on any atom is -0.360 e. The minimum absolute atomic E-state index is 0.0173. The summed E-state index contributed by atoms with van der Waals surface area (Å²) in [4.78, 5) is 16.8. The van der Waals surface area contributed by atoms with Gasteiger partial charge in [0.2, 0.25) is 5.13 Å². The summed E-state index contributed by atoms with van der Waals surface area (Å²) in [5.41, 5.74) is 1.82. The summed E-state index contributed by atoms with van der Waals surface area (Å²) in [6, 6.07) is 0. The van der Waals surface area contributed by atoms with Crippen molar-refractivity contribution in [3.05, 3.63) is 32.6 Å². The summed E-state index contributed by atoms with van der Waals surface area (Å²) < 4.78 is 2.28. The highest BCUT2D eigenvalue weighted by Crippen LogP contribution is 2.20. The number of hydrogen-bond acceptors (Lipinski definition) is 7. The molecule has 6 nitrogen and oxygen atoms in total. The Bertz CT molecular complexity index is 819. The van der Waals surface area contributed by atoms with Crippen LogP contribution >= 0.6 is 22.7 Å². The fraction of sp³-hybridized carbons (Fsp3) is 0.385. The van der Waals surface area contributed by atoms with Crippen LogP contribution in [-0.4, -0.2) is 26.3 Å². The second-order valence-corrected chi connectivity index (χ2v) is 6.64. The third-order valence-electron chi connectivity index (χ3n) is 3.02. The van der Waals surface area contributed by atoms with E-state index in [2.05, 4.69) is 27.4 Å². The topological polar surface area (TPSA) is 72.7 Å². The van der Waals surface area contributed by atoms with Crippen LogP contribution in [0.2, 0.25) is 0 Å². The summed E-state index contributed by atoms with van der Waals surface area (Å²) in [6.45, 7) is 5.34. The molecule has 21 heavy (non-hydrogen) atoms. The van der Waals surface area contributed by atoms with Gasteiger partial charge in [-0.1, -0.05) is 18.3 Å². The van der Waals surface area contributed by atoms with Gasteiger partial charge in [-0.05, 0) is 24.3 Å². The second-order valence-electron chi connectivity index (χ2n) is 4.70. The van der Waals surface area contributed by atoms with E-state index in [0.717, 1.165) is 34.2 Å². The Labute approximate surface area is 129 Å². The van der Waals surface area contributed by atoms with Crippen LogP contribution in [-0.2, 0) is 6.54 Å². The number of aromatic nitrogens is 4. The van der Waals surface area contributed by atoms with Crippen LogP contribution in [0.5, 0.6) is 0 Å². The highest BCUT2D eigenvalue weighted by molar-refractivity contribution is 7.17. The first-order valence-corrected chi connectivity index (χ1v) is 8.38. The molecule has 1 N–H and O–H groups in total. The zero-order valence-electron chi connectivity index (χ0n) is 11.8. The van der Waals surface area contributed by atoms with Crippen LogP contribution in [0.15, 0.2) is 16.5 Å². The lowest BCUT2D eigenvalue weighted by molar-refractivity contribution is 0.735. The number of aryl methyl sites for hydroxylation is 1. The molecular formula is C13H15N5OS2. The lowest BCUT2D eigenvalue weighted by Crippen LogP contribution is -2.20. The number of rotatable bonds is 5. The van der Waals surface area contributed by atoms with Crippen LogP contribution < -0.4 is 10.9 Å². The Balaban J connectivity index is 1.86. The molecule has 0 saturated carbocycles. The molecule has 0 fully saturated rings. The number of nitrogens with zero attached hydrogens (tertiary/aromatic N) is 4. The molecule has 0 aromatic carbocycles. The van der Waals surface area contributed by atoms with Crippen LogP contribution in [0.4, 0.5) is 5.13 Å². The van der Waals surface area contributed by atoms with Crippen LogP contribution in [0.25, 0.3) is 10.2 Å². The molecule has 3 aromatic heterocycles. The molecular weight excluding hydrogens is 306 g/mol. The van der Waals surface area contributed by atoms with Crippen molar-refractivity contribution in [1.29, 1.82) is 0 Å².